The van der Waals surface area contributed by atoms with Gasteiger partial charge in [-0.1, -0.05) is 11.6 Å². The maximum Gasteiger partial charge on any atom is 0.416 e. The molecule has 1 fully saturated rings. The van der Waals surface area contributed by atoms with Crippen molar-refractivity contribution in [1.29, 1.82) is 0 Å². The van der Waals surface area contributed by atoms with Crippen molar-refractivity contribution in [2.45, 2.75) is 19.1 Å². The summed E-state index contributed by atoms with van der Waals surface area (Å²) < 4.78 is 49.8. The lowest BCUT2D eigenvalue weighted by molar-refractivity contribution is -0.137. The van der Waals surface area contributed by atoms with Gasteiger partial charge in [-0.15, -0.1) is 11.3 Å². The van der Waals surface area contributed by atoms with Gasteiger partial charge >= 0.3 is 6.18 Å². The number of nitrogens with zero attached hydrogens (tertiary/aromatic N) is 1. The first-order chi connectivity index (χ1) is 17.0. The van der Waals surface area contributed by atoms with E-state index in [1.165, 1.54) is 37.7 Å². The molecule has 0 saturated carbocycles. The summed E-state index contributed by atoms with van der Waals surface area (Å²) in [5.41, 5.74) is -0.279. The molecule has 1 atom stereocenters. The Labute approximate surface area is 213 Å². The fourth-order valence-electron chi connectivity index (χ4n) is 4.01. The van der Waals surface area contributed by atoms with Crippen LogP contribution in [-0.2, 0) is 15.8 Å². The molecule has 2 aromatic carbocycles. The van der Waals surface area contributed by atoms with E-state index in [0.717, 1.165) is 34.7 Å². The van der Waals surface area contributed by atoms with Gasteiger partial charge in [-0.25, -0.2) is 0 Å². The van der Waals surface area contributed by atoms with E-state index in [1.54, 1.807) is 18.4 Å². The average molecular weight is 538 g/mol. The second kappa shape index (κ2) is 9.51. The lowest BCUT2D eigenvalue weighted by Crippen LogP contribution is -2.29. The number of methoxy groups -OCH3 is 2. The summed E-state index contributed by atoms with van der Waals surface area (Å²) in [6, 6.07) is 7.37. The van der Waals surface area contributed by atoms with Crippen molar-refractivity contribution >= 4 is 46.1 Å². The van der Waals surface area contributed by atoms with E-state index in [0.29, 0.717) is 4.88 Å². The summed E-state index contributed by atoms with van der Waals surface area (Å²) in [6.45, 7) is 1.77. The van der Waals surface area contributed by atoms with E-state index in [1.807, 2.05) is 0 Å². The van der Waals surface area contributed by atoms with Crippen LogP contribution in [0.15, 0.2) is 53.4 Å². The molecular weight excluding hydrogens is 519 g/mol. The van der Waals surface area contributed by atoms with E-state index in [9.17, 15) is 27.9 Å². The molecule has 36 heavy (non-hydrogen) atoms. The Morgan fingerprint density at radius 2 is 1.69 bits per heavy atom. The first-order valence-corrected chi connectivity index (χ1v) is 11.7. The van der Waals surface area contributed by atoms with Gasteiger partial charge in [0.25, 0.3) is 11.7 Å². The zero-order chi connectivity index (χ0) is 26.4. The molecule has 1 saturated heterocycles. The minimum absolute atomic E-state index is 0.0587. The molecule has 1 aliphatic rings. The summed E-state index contributed by atoms with van der Waals surface area (Å²) >= 11 is 7.41. The molecule has 2 heterocycles. The number of amides is 1. The van der Waals surface area contributed by atoms with E-state index in [4.69, 9.17) is 21.1 Å². The smallest absolute Gasteiger partial charge is 0.416 e. The van der Waals surface area contributed by atoms with Gasteiger partial charge in [0.1, 0.15) is 23.3 Å². The van der Waals surface area contributed by atoms with Crippen LogP contribution >= 0.6 is 22.9 Å². The number of thiophene rings is 1. The maximum absolute atomic E-state index is 13.3. The van der Waals surface area contributed by atoms with Gasteiger partial charge in [-0.3, -0.25) is 14.5 Å². The Morgan fingerprint density at radius 1 is 1.06 bits per heavy atom. The Kier molecular flexibility index (Phi) is 6.76. The third-order valence-electron chi connectivity index (χ3n) is 5.80. The highest BCUT2D eigenvalue weighted by Gasteiger charge is 2.48. The number of Topliss-reactive ketones (excluding diaryl/α,β-unsaturated/α-hetero) is 1. The summed E-state index contributed by atoms with van der Waals surface area (Å²) in [6.07, 6.45) is -4.57. The second-order valence-electron chi connectivity index (χ2n) is 7.87. The molecule has 11 heteroatoms. The van der Waals surface area contributed by atoms with Crippen LogP contribution in [0.5, 0.6) is 11.5 Å². The van der Waals surface area contributed by atoms with Crippen LogP contribution in [0, 0.1) is 6.92 Å². The minimum atomic E-state index is -4.57. The van der Waals surface area contributed by atoms with E-state index in [-0.39, 0.29) is 33.3 Å². The quantitative estimate of drug-likeness (QED) is 0.232. The van der Waals surface area contributed by atoms with Gasteiger partial charge in [0.15, 0.2) is 0 Å². The van der Waals surface area contributed by atoms with E-state index >= 15 is 0 Å². The van der Waals surface area contributed by atoms with Crippen molar-refractivity contribution in [3.8, 4) is 11.5 Å². The number of carbonyl (C=O) groups excluding carboxylic acids is 2. The number of carbonyl (C=O) groups is 2. The molecule has 0 radical (unpaired) electrons. The number of alkyl halides is 3. The maximum atomic E-state index is 13.3. The molecule has 1 amide bonds. The summed E-state index contributed by atoms with van der Waals surface area (Å²) in [7, 11) is 2.71. The molecule has 1 aliphatic heterocycles. The van der Waals surface area contributed by atoms with Crippen LogP contribution in [0.1, 0.15) is 27.6 Å². The topological polar surface area (TPSA) is 76.1 Å². The van der Waals surface area contributed by atoms with E-state index in [2.05, 4.69) is 0 Å². The normalized spacial score (nSPS) is 17.5. The first-order valence-electron chi connectivity index (χ1n) is 10.4. The number of hydrogen-bond acceptors (Lipinski definition) is 6. The highest BCUT2D eigenvalue weighted by atomic mass is 35.5. The van der Waals surface area contributed by atoms with Crippen molar-refractivity contribution in [2.75, 3.05) is 19.1 Å². The SMILES string of the molecule is COc1cc(/C(O)=C2\C(=O)C(=O)N(c3ccc(C(F)(F)F)cc3)C2c2sccc2C)c(OC)cc1Cl. The second-order valence-corrected chi connectivity index (χ2v) is 9.22. The van der Waals surface area contributed by atoms with E-state index < -0.39 is 35.2 Å². The van der Waals surface area contributed by atoms with Crippen LogP contribution in [0.25, 0.3) is 5.76 Å². The zero-order valence-electron chi connectivity index (χ0n) is 19.1. The van der Waals surface area contributed by atoms with Gasteiger partial charge in [0.2, 0.25) is 0 Å². The zero-order valence-corrected chi connectivity index (χ0v) is 20.7. The van der Waals surface area contributed by atoms with Crippen molar-refractivity contribution in [1.82, 2.24) is 0 Å². The number of ether oxygens (including phenoxy) is 2. The predicted octanol–water partition coefficient (Wildman–Crippen LogP) is 6.37. The lowest BCUT2D eigenvalue weighted by Gasteiger charge is -2.25. The van der Waals surface area contributed by atoms with Gasteiger partial charge < -0.3 is 14.6 Å². The number of benzene rings is 2. The highest BCUT2D eigenvalue weighted by Crippen LogP contribution is 2.47. The monoisotopic (exact) mass is 537 g/mol. The number of hydrogen-bond donors (Lipinski definition) is 1. The van der Waals surface area contributed by atoms with Gasteiger partial charge in [0.05, 0.1) is 35.9 Å². The fourth-order valence-corrected chi connectivity index (χ4v) is 5.27. The fraction of sp³-hybridized carbons (Fsp3) is 0.200. The lowest BCUT2D eigenvalue weighted by atomic mass is 9.97. The van der Waals surface area contributed by atoms with Crippen LogP contribution in [0.2, 0.25) is 5.02 Å². The third kappa shape index (κ3) is 4.31. The molecule has 0 aliphatic carbocycles. The van der Waals surface area contributed by atoms with Crippen LogP contribution < -0.4 is 14.4 Å². The number of aliphatic hydroxyl groups excluding tert-OH is 1. The Morgan fingerprint density at radius 3 is 2.22 bits per heavy atom. The predicted molar refractivity (Wildman–Crippen MR) is 130 cm³/mol. The molecule has 188 valence electrons. The van der Waals surface area contributed by atoms with Crippen molar-refractivity contribution < 1.29 is 37.3 Å². The highest BCUT2D eigenvalue weighted by molar-refractivity contribution is 7.10. The summed E-state index contributed by atoms with van der Waals surface area (Å²) in [4.78, 5) is 28.2. The molecular formula is C25H19ClF3NO5S. The Balaban J connectivity index is 1.95. The number of anilines is 1. The van der Waals surface area contributed by atoms with Crippen molar-refractivity contribution in [2.24, 2.45) is 0 Å². The summed E-state index contributed by atoms with van der Waals surface area (Å²) in [5, 5.41) is 13.3. The first kappa shape index (κ1) is 25.6. The molecule has 1 N–H and O–H groups in total. The van der Waals surface area contributed by atoms with Crippen molar-refractivity contribution in [3.63, 3.8) is 0 Å². The van der Waals surface area contributed by atoms with Crippen molar-refractivity contribution in [3.05, 3.63) is 80.0 Å². The molecule has 6 nitrogen and oxygen atoms in total. The van der Waals surface area contributed by atoms with Crippen LogP contribution in [-0.4, -0.2) is 31.0 Å². The molecule has 0 bridgehead atoms. The number of aliphatic hydroxyl groups is 1. The standard InChI is InChI=1S/C25H19ClF3NO5S/c1-12-8-9-36-23(12)20-19(21(31)15-10-18(35-3)16(26)11-17(15)34-2)22(32)24(33)30(20)14-6-4-13(5-7-14)25(27,28)29/h4-11,20,31H,1-3H3/b21-19+. The molecule has 0 spiro atoms. The molecule has 4 rings (SSSR count). The summed E-state index contributed by atoms with van der Waals surface area (Å²) in [5.74, 6) is -2.21. The van der Waals surface area contributed by atoms with Gasteiger partial charge in [-0.05, 0) is 54.3 Å². The average Bonchev–Trinajstić information content (AvgIpc) is 3.38. The van der Waals surface area contributed by atoms with Gasteiger partial charge in [0, 0.05) is 16.6 Å². The molecule has 1 unspecified atom stereocenters. The Hall–Kier alpha value is -3.50. The minimum Gasteiger partial charge on any atom is -0.507 e. The van der Waals surface area contributed by atoms with Crippen LogP contribution in [0.4, 0.5) is 18.9 Å². The number of ketones is 1. The largest absolute Gasteiger partial charge is 0.507 e. The third-order valence-corrected chi connectivity index (χ3v) is 7.16. The molecule has 1 aromatic heterocycles. The number of aryl methyl sites for hydroxylation is 1. The molecule has 3 aromatic rings. The van der Waals surface area contributed by atoms with Crippen LogP contribution in [0.3, 0.4) is 0 Å². The number of rotatable bonds is 5. The Bertz CT molecular complexity index is 1380. The van der Waals surface area contributed by atoms with Gasteiger partial charge in [-0.2, -0.15) is 13.2 Å². The number of halogens is 4.